The summed E-state index contributed by atoms with van der Waals surface area (Å²) in [7, 11) is 0. The second-order valence-electron chi connectivity index (χ2n) is 2.02. The van der Waals surface area contributed by atoms with Crippen LogP contribution in [0.1, 0.15) is 5.56 Å². The normalized spacial score (nSPS) is 15.6. The van der Waals surface area contributed by atoms with Crippen LogP contribution in [0.15, 0.2) is 33.7 Å². The first-order valence-corrected chi connectivity index (χ1v) is 3.44. The maximum Gasteiger partial charge on any atom is 0.242 e. The van der Waals surface area contributed by atoms with Crippen LogP contribution in [0.25, 0.3) is 0 Å². The van der Waals surface area contributed by atoms with E-state index in [0.717, 1.165) is 5.56 Å². The summed E-state index contributed by atoms with van der Waals surface area (Å²) >= 11 is 4.71. The number of rotatable bonds is 1. The molecule has 1 aromatic heterocycles. The largest absolute Gasteiger partial charge is 0.367 e. The third-order valence-corrected chi connectivity index (χ3v) is 1.46. The summed E-state index contributed by atoms with van der Waals surface area (Å²) in [5.74, 6) is 0.580. The van der Waals surface area contributed by atoms with Gasteiger partial charge in [-0.15, -0.1) is 10.2 Å². The number of amidine groups is 1. The lowest BCUT2D eigenvalue weighted by atomic mass is 10.3. The number of nitrogens with zero attached hydrogens (tertiary/aromatic N) is 3. The Labute approximate surface area is 68.1 Å². The molecule has 0 aromatic carbocycles. The van der Waals surface area contributed by atoms with E-state index in [1.54, 1.807) is 12.4 Å². The van der Waals surface area contributed by atoms with Gasteiger partial charge in [0.05, 0.1) is 0 Å². The van der Waals surface area contributed by atoms with Crippen molar-refractivity contribution in [2.45, 2.75) is 0 Å². The van der Waals surface area contributed by atoms with Gasteiger partial charge in [-0.1, -0.05) is 0 Å². The van der Waals surface area contributed by atoms with E-state index >= 15 is 0 Å². The van der Waals surface area contributed by atoms with Crippen LogP contribution < -0.4 is 0 Å². The van der Waals surface area contributed by atoms with Gasteiger partial charge in [0.15, 0.2) is 5.84 Å². The van der Waals surface area contributed by atoms with Crippen LogP contribution in [0.4, 0.5) is 0 Å². The minimum atomic E-state index is 0.293. The maximum absolute atomic E-state index is 4.71. The molecule has 11 heavy (non-hydrogen) atoms. The fourth-order valence-electron chi connectivity index (χ4n) is 0.811. The number of nitrogens with one attached hydrogen (secondary N) is 1. The topological polar surface area (TPSA) is 52.9 Å². The summed E-state index contributed by atoms with van der Waals surface area (Å²) < 4.78 is 0. The highest BCUT2D eigenvalue weighted by Crippen LogP contribution is 2.07. The maximum atomic E-state index is 4.71. The van der Waals surface area contributed by atoms with Gasteiger partial charge in [0.2, 0.25) is 5.11 Å². The summed E-state index contributed by atoms with van der Waals surface area (Å²) in [6.45, 7) is 0. The van der Waals surface area contributed by atoms with Gasteiger partial charge in [0.25, 0.3) is 0 Å². The molecule has 0 saturated carbocycles. The predicted octanol–water partition coefficient (Wildman–Crippen LogP) is 1.51. The Bertz CT molecular complexity index is 335. The molecule has 1 aromatic rings. The summed E-state index contributed by atoms with van der Waals surface area (Å²) in [6.07, 6.45) is 3.60. The van der Waals surface area contributed by atoms with Gasteiger partial charge in [0.1, 0.15) is 0 Å². The van der Waals surface area contributed by atoms with E-state index in [4.69, 9.17) is 12.2 Å². The van der Waals surface area contributed by atoms with Crippen LogP contribution >= 0.6 is 12.2 Å². The van der Waals surface area contributed by atoms with E-state index in [0.29, 0.717) is 10.9 Å². The molecule has 1 aliphatic heterocycles. The first-order valence-electron chi connectivity index (χ1n) is 3.04. The molecule has 1 N–H and O–H groups in total. The Morgan fingerprint density at radius 1 is 1.36 bits per heavy atom. The molecule has 0 spiro atoms. The zero-order chi connectivity index (χ0) is 7.68. The van der Waals surface area contributed by atoms with Gasteiger partial charge in [0, 0.05) is 18.0 Å². The van der Waals surface area contributed by atoms with E-state index in [-0.39, 0.29) is 0 Å². The average Bonchev–Trinajstić information content (AvgIpc) is 2.55. The van der Waals surface area contributed by atoms with E-state index in [1.807, 2.05) is 6.07 Å². The molecule has 0 bridgehead atoms. The summed E-state index contributed by atoms with van der Waals surface area (Å²) in [5, 5.41) is 7.68. The number of hydrogen-bond acceptors (Lipinski definition) is 2. The van der Waals surface area contributed by atoms with E-state index in [9.17, 15) is 0 Å². The second-order valence-corrected chi connectivity index (χ2v) is 2.38. The Kier molecular flexibility index (Phi) is 1.36. The van der Waals surface area contributed by atoms with Crippen LogP contribution in [-0.4, -0.2) is 15.9 Å². The van der Waals surface area contributed by atoms with Gasteiger partial charge >= 0.3 is 0 Å². The SMILES string of the molecule is S=C1N=NC(c2cc[nH]c2)=N1. The fourth-order valence-corrected chi connectivity index (χ4v) is 0.938. The third-order valence-electron chi connectivity index (χ3n) is 1.29. The highest BCUT2D eigenvalue weighted by Gasteiger charge is 2.08. The molecule has 0 fully saturated rings. The molecule has 0 saturated heterocycles. The van der Waals surface area contributed by atoms with E-state index in [1.165, 1.54) is 0 Å². The molecule has 0 radical (unpaired) electrons. The van der Waals surface area contributed by atoms with Crippen molar-refractivity contribution in [3.05, 3.63) is 24.0 Å². The predicted molar refractivity (Wildman–Crippen MR) is 44.8 cm³/mol. The zero-order valence-corrected chi connectivity index (χ0v) is 6.30. The molecule has 0 amide bonds. The fraction of sp³-hybridized carbons (Fsp3) is 0. The van der Waals surface area contributed by atoms with Gasteiger partial charge in [-0.2, -0.15) is 4.99 Å². The molecular formula is C6H4N4S. The van der Waals surface area contributed by atoms with Gasteiger partial charge in [-0.25, -0.2) is 0 Å². The van der Waals surface area contributed by atoms with Crippen LogP contribution in [-0.2, 0) is 0 Å². The van der Waals surface area contributed by atoms with Gasteiger partial charge in [-0.05, 0) is 18.3 Å². The number of azo groups is 1. The number of aromatic nitrogens is 1. The number of aromatic amines is 1. The number of hydrogen-bond donors (Lipinski definition) is 1. The molecule has 0 atom stereocenters. The van der Waals surface area contributed by atoms with Crippen LogP contribution in [0.2, 0.25) is 0 Å². The van der Waals surface area contributed by atoms with Crippen molar-refractivity contribution in [2.24, 2.45) is 15.2 Å². The van der Waals surface area contributed by atoms with E-state index in [2.05, 4.69) is 20.2 Å². The minimum Gasteiger partial charge on any atom is -0.367 e. The van der Waals surface area contributed by atoms with Crippen molar-refractivity contribution in [2.75, 3.05) is 0 Å². The Hall–Kier alpha value is -1.36. The number of thiocarbonyl (C=S) groups is 1. The number of H-pyrrole nitrogens is 1. The average molecular weight is 164 g/mol. The third kappa shape index (κ3) is 1.10. The van der Waals surface area contributed by atoms with Crippen molar-refractivity contribution >= 4 is 23.2 Å². The molecule has 54 valence electrons. The lowest BCUT2D eigenvalue weighted by molar-refractivity contribution is 1.38. The smallest absolute Gasteiger partial charge is 0.242 e. The molecule has 5 heteroatoms. The quantitative estimate of drug-likeness (QED) is 0.628. The van der Waals surface area contributed by atoms with Gasteiger partial charge in [-0.3, -0.25) is 0 Å². The molecule has 0 aliphatic carbocycles. The number of aliphatic imine (C=N–C) groups is 1. The van der Waals surface area contributed by atoms with Gasteiger partial charge < -0.3 is 4.98 Å². The van der Waals surface area contributed by atoms with E-state index < -0.39 is 0 Å². The van der Waals surface area contributed by atoms with Crippen LogP contribution in [0.3, 0.4) is 0 Å². The Morgan fingerprint density at radius 3 is 2.82 bits per heavy atom. The zero-order valence-electron chi connectivity index (χ0n) is 5.48. The lowest BCUT2D eigenvalue weighted by Gasteiger charge is -1.84. The highest BCUT2D eigenvalue weighted by molar-refractivity contribution is 7.80. The molecular weight excluding hydrogens is 160 g/mol. The molecule has 2 rings (SSSR count). The highest BCUT2D eigenvalue weighted by atomic mass is 32.1. The lowest BCUT2D eigenvalue weighted by Crippen LogP contribution is -1.90. The van der Waals surface area contributed by atoms with Crippen LogP contribution in [0.5, 0.6) is 0 Å². The molecule has 1 aliphatic rings. The molecule has 0 unspecified atom stereocenters. The second kappa shape index (κ2) is 2.35. The van der Waals surface area contributed by atoms with Crippen molar-refractivity contribution in [3.63, 3.8) is 0 Å². The molecule has 4 nitrogen and oxygen atoms in total. The standard InChI is InChI=1S/C6H4N4S/c11-6-8-5(9-10-6)4-1-2-7-3-4/h1-3,7H. The van der Waals surface area contributed by atoms with Crippen molar-refractivity contribution in [1.82, 2.24) is 4.98 Å². The summed E-state index contributed by atoms with van der Waals surface area (Å²) in [5.41, 5.74) is 0.911. The monoisotopic (exact) mass is 164 g/mol. The van der Waals surface area contributed by atoms with Crippen molar-refractivity contribution < 1.29 is 0 Å². The van der Waals surface area contributed by atoms with Crippen molar-refractivity contribution in [1.29, 1.82) is 0 Å². The Morgan fingerprint density at radius 2 is 2.27 bits per heavy atom. The van der Waals surface area contributed by atoms with Crippen LogP contribution in [0, 0.1) is 0 Å². The first-order chi connectivity index (χ1) is 5.36. The Balaban J connectivity index is 2.40. The van der Waals surface area contributed by atoms with Crippen molar-refractivity contribution in [3.8, 4) is 0 Å². The summed E-state index contributed by atoms with van der Waals surface area (Å²) in [6, 6.07) is 1.87. The summed E-state index contributed by atoms with van der Waals surface area (Å²) in [4.78, 5) is 6.82. The first kappa shape index (κ1) is 6.36. The molecule has 2 heterocycles. The minimum absolute atomic E-state index is 0.293.